The molecule has 0 unspecified atom stereocenters. The van der Waals surface area contributed by atoms with Crippen LogP contribution in [0.5, 0.6) is 0 Å². The third kappa shape index (κ3) is 6.65. The Bertz CT molecular complexity index is 823. The lowest BCUT2D eigenvalue weighted by Gasteiger charge is -2.27. The topological polar surface area (TPSA) is 74.6 Å². The van der Waals surface area contributed by atoms with Crippen molar-refractivity contribution in [2.24, 2.45) is 5.41 Å². The van der Waals surface area contributed by atoms with Crippen molar-refractivity contribution in [3.8, 4) is 0 Å². The van der Waals surface area contributed by atoms with Crippen LogP contribution in [0.2, 0.25) is 0 Å². The lowest BCUT2D eigenvalue weighted by Crippen LogP contribution is -2.31. The van der Waals surface area contributed by atoms with Crippen LogP contribution in [0, 0.1) is 5.41 Å². The predicted molar refractivity (Wildman–Crippen MR) is 122 cm³/mol. The Balaban J connectivity index is 2.40. The molecule has 6 heteroatoms. The van der Waals surface area contributed by atoms with Gasteiger partial charge < -0.3 is 20.0 Å². The molecule has 0 saturated carbocycles. The second-order valence-corrected chi connectivity index (χ2v) is 8.55. The van der Waals surface area contributed by atoms with Gasteiger partial charge in [-0.3, -0.25) is 9.59 Å². The standard InChI is InChI=1S/C24H35N3O3/c1-6-8-14-27(17-19-10-9-15-30-19)21-12-11-18(26-23(29)24(3,4)5)16-20(21)22(28)25-13-7-2/h9-12,15-16H,6-8,13-14,17H2,1-5H3,(H,25,28)(H,26,29). The Labute approximate surface area is 180 Å². The second kappa shape index (κ2) is 10.9. The summed E-state index contributed by atoms with van der Waals surface area (Å²) in [6.45, 7) is 11.7. The van der Waals surface area contributed by atoms with Crippen molar-refractivity contribution in [1.29, 1.82) is 0 Å². The molecule has 1 aromatic heterocycles. The molecule has 1 heterocycles. The molecule has 164 valence electrons. The molecule has 0 aliphatic heterocycles. The van der Waals surface area contributed by atoms with E-state index < -0.39 is 5.41 Å². The van der Waals surface area contributed by atoms with Gasteiger partial charge >= 0.3 is 0 Å². The largest absolute Gasteiger partial charge is 0.467 e. The van der Waals surface area contributed by atoms with Crippen LogP contribution in [0.3, 0.4) is 0 Å². The van der Waals surface area contributed by atoms with Gasteiger partial charge in [0.1, 0.15) is 5.76 Å². The average Bonchev–Trinajstić information content (AvgIpc) is 3.21. The fourth-order valence-electron chi connectivity index (χ4n) is 2.95. The minimum atomic E-state index is -0.518. The SMILES string of the molecule is CCCCN(Cc1ccco1)c1ccc(NC(=O)C(C)(C)C)cc1C(=O)NCCC. The van der Waals surface area contributed by atoms with Crippen molar-refractivity contribution in [3.05, 3.63) is 47.9 Å². The van der Waals surface area contributed by atoms with Gasteiger partial charge in [0.15, 0.2) is 0 Å². The Morgan fingerprint density at radius 3 is 2.47 bits per heavy atom. The maximum Gasteiger partial charge on any atom is 0.253 e. The molecule has 1 aromatic carbocycles. The second-order valence-electron chi connectivity index (χ2n) is 8.55. The van der Waals surface area contributed by atoms with E-state index >= 15 is 0 Å². The van der Waals surface area contributed by atoms with Crippen molar-refractivity contribution in [1.82, 2.24) is 5.32 Å². The number of hydrogen-bond acceptors (Lipinski definition) is 4. The van der Waals surface area contributed by atoms with E-state index in [-0.39, 0.29) is 11.8 Å². The van der Waals surface area contributed by atoms with E-state index in [4.69, 9.17) is 4.42 Å². The molecule has 30 heavy (non-hydrogen) atoms. The van der Waals surface area contributed by atoms with E-state index in [1.165, 1.54) is 0 Å². The molecule has 6 nitrogen and oxygen atoms in total. The van der Waals surface area contributed by atoms with E-state index in [1.807, 2.05) is 52.0 Å². The molecule has 2 rings (SSSR count). The van der Waals surface area contributed by atoms with Gasteiger partial charge in [0.2, 0.25) is 5.91 Å². The molecule has 0 radical (unpaired) electrons. The number of nitrogens with one attached hydrogen (secondary N) is 2. The fraction of sp³-hybridized carbons (Fsp3) is 0.500. The summed E-state index contributed by atoms with van der Waals surface area (Å²) >= 11 is 0. The van der Waals surface area contributed by atoms with Gasteiger partial charge in [0.25, 0.3) is 5.91 Å². The molecule has 2 amide bonds. The molecule has 2 aromatic rings. The molecule has 0 atom stereocenters. The van der Waals surface area contributed by atoms with E-state index in [0.29, 0.717) is 24.3 Å². The van der Waals surface area contributed by atoms with Gasteiger partial charge in [-0.1, -0.05) is 41.0 Å². The summed E-state index contributed by atoms with van der Waals surface area (Å²) in [4.78, 5) is 27.6. The monoisotopic (exact) mass is 413 g/mol. The highest BCUT2D eigenvalue weighted by molar-refractivity contribution is 6.02. The summed E-state index contributed by atoms with van der Waals surface area (Å²) in [5, 5.41) is 5.90. The summed E-state index contributed by atoms with van der Waals surface area (Å²) in [7, 11) is 0. The van der Waals surface area contributed by atoms with Crippen LogP contribution >= 0.6 is 0 Å². The molecule has 0 aliphatic carbocycles. The Morgan fingerprint density at radius 2 is 1.87 bits per heavy atom. The lowest BCUT2D eigenvalue weighted by atomic mass is 9.95. The normalized spacial score (nSPS) is 11.2. The van der Waals surface area contributed by atoms with E-state index in [0.717, 1.165) is 37.3 Å². The molecule has 0 aliphatic rings. The van der Waals surface area contributed by atoms with Crippen molar-refractivity contribution < 1.29 is 14.0 Å². The molecule has 0 bridgehead atoms. The number of carbonyl (C=O) groups excluding carboxylic acids is 2. The number of nitrogens with zero attached hydrogens (tertiary/aromatic N) is 1. The number of rotatable bonds is 10. The van der Waals surface area contributed by atoms with Gasteiger partial charge in [0.05, 0.1) is 24.1 Å². The van der Waals surface area contributed by atoms with Crippen molar-refractivity contribution in [2.45, 2.75) is 60.4 Å². The van der Waals surface area contributed by atoms with Crippen LogP contribution in [0.25, 0.3) is 0 Å². The number of amides is 2. The minimum absolute atomic E-state index is 0.0893. The lowest BCUT2D eigenvalue weighted by molar-refractivity contribution is -0.123. The first-order valence-corrected chi connectivity index (χ1v) is 10.8. The maximum absolute atomic E-state index is 13.0. The van der Waals surface area contributed by atoms with Crippen molar-refractivity contribution in [2.75, 3.05) is 23.3 Å². The summed E-state index contributed by atoms with van der Waals surface area (Å²) in [5.41, 5.74) is 1.49. The smallest absolute Gasteiger partial charge is 0.253 e. The predicted octanol–water partition coefficient (Wildman–Crippen LogP) is 5.21. The number of unbranched alkanes of at least 4 members (excludes halogenated alkanes) is 1. The maximum atomic E-state index is 13.0. The number of anilines is 2. The number of carbonyl (C=O) groups is 2. The Kier molecular flexibility index (Phi) is 8.51. The highest BCUT2D eigenvalue weighted by atomic mass is 16.3. The van der Waals surface area contributed by atoms with E-state index in [9.17, 15) is 9.59 Å². The summed E-state index contributed by atoms with van der Waals surface area (Å²) < 4.78 is 5.55. The molecule has 0 fully saturated rings. The van der Waals surface area contributed by atoms with Crippen LogP contribution in [-0.2, 0) is 11.3 Å². The zero-order valence-corrected chi connectivity index (χ0v) is 18.9. The van der Waals surface area contributed by atoms with Gasteiger partial charge in [-0.2, -0.15) is 0 Å². The molecule has 2 N–H and O–H groups in total. The number of furan rings is 1. The highest BCUT2D eigenvalue weighted by Crippen LogP contribution is 2.28. The minimum Gasteiger partial charge on any atom is -0.467 e. The first kappa shape index (κ1) is 23.5. The molecular weight excluding hydrogens is 378 g/mol. The van der Waals surface area contributed by atoms with E-state index in [2.05, 4.69) is 22.5 Å². The summed E-state index contributed by atoms with van der Waals surface area (Å²) in [5.74, 6) is 0.615. The van der Waals surface area contributed by atoms with Crippen LogP contribution in [0.1, 0.15) is 70.0 Å². The third-order valence-corrected chi connectivity index (χ3v) is 4.76. The number of benzene rings is 1. The van der Waals surface area contributed by atoms with Crippen LogP contribution in [0.4, 0.5) is 11.4 Å². The molecule has 0 saturated heterocycles. The Morgan fingerprint density at radius 1 is 1.10 bits per heavy atom. The van der Waals surface area contributed by atoms with Gasteiger partial charge in [0, 0.05) is 24.2 Å². The van der Waals surface area contributed by atoms with Crippen LogP contribution < -0.4 is 15.5 Å². The van der Waals surface area contributed by atoms with Crippen LogP contribution in [0.15, 0.2) is 41.0 Å². The zero-order chi connectivity index (χ0) is 22.1. The zero-order valence-electron chi connectivity index (χ0n) is 18.9. The Hall–Kier alpha value is -2.76. The first-order chi connectivity index (χ1) is 14.3. The first-order valence-electron chi connectivity index (χ1n) is 10.8. The quantitative estimate of drug-likeness (QED) is 0.561. The fourth-order valence-corrected chi connectivity index (χ4v) is 2.95. The van der Waals surface area contributed by atoms with Crippen molar-refractivity contribution in [3.63, 3.8) is 0 Å². The molecular formula is C24H35N3O3. The van der Waals surface area contributed by atoms with Crippen LogP contribution in [-0.4, -0.2) is 24.9 Å². The van der Waals surface area contributed by atoms with Gasteiger partial charge in [-0.25, -0.2) is 0 Å². The average molecular weight is 414 g/mol. The van der Waals surface area contributed by atoms with Gasteiger partial charge in [-0.05, 0) is 43.2 Å². The summed E-state index contributed by atoms with van der Waals surface area (Å²) in [6.07, 6.45) is 4.56. The number of hydrogen-bond donors (Lipinski definition) is 2. The van der Waals surface area contributed by atoms with Gasteiger partial charge in [-0.15, -0.1) is 0 Å². The third-order valence-electron chi connectivity index (χ3n) is 4.76. The molecule has 0 spiro atoms. The highest BCUT2D eigenvalue weighted by Gasteiger charge is 2.23. The summed E-state index contributed by atoms with van der Waals surface area (Å²) in [6, 6.07) is 9.35. The van der Waals surface area contributed by atoms with E-state index in [1.54, 1.807) is 12.3 Å². The van der Waals surface area contributed by atoms with Crippen molar-refractivity contribution >= 4 is 23.2 Å².